The van der Waals surface area contributed by atoms with Crippen molar-refractivity contribution in [3.05, 3.63) is 33.4 Å². The van der Waals surface area contributed by atoms with E-state index in [1.165, 1.54) is 0 Å². The lowest BCUT2D eigenvalue weighted by Crippen LogP contribution is -2.70. The van der Waals surface area contributed by atoms with Crippen molar-refractivity contribution >= 4 is 46.3 Å². The van der Waals surface area contributed by atoms with Crippen LogP contribution < -0.4 is 5.32 Å². The van der Waals surface area contributed by atoms with Crippen molar-refractivity contribution in [2.45, 2.75) is 108 Å². The standard InChI is InChI=1S/C31H40IN3O10/c1-30(2,3)44-22(37)10-9-19(15-36)33-27(38)20-8-5-11-34(20)29(40)31-13-21-23-24(42-16-41-23)26(31)45-35(25(31)28(39)43-21)14-17-6-4-7-18(32)12-17/h4,6-7,12,19-21,23-26,36H,5,8-11,13-16H2,1-3H3,(H,33,38)/t19-,20+,21+,23-,24-,25-,26+,31-/m0/s1. The van der Waals surface area contributed by atoms with Gasteiger partial charge in [0.25, 0.3) is 0 Å². The van der Waals surface area contributed by atoms with Crippen LogP contribution in [-0.2, 0) is 49.5 Å². The fourth-order valence-corrected chi connectivity index (χ4v) is 7.98. The van der Waals surface area contributed by atoms with Gasteiger partial charge in [-0.2, -0.15) is 5.06 Å². The highest BCUT2D eigenvalue weighted by Gasteiger charge is 2.75. The summed E-state index contributed by atoms with van der Waals surface area (Å²) in [7, 11) is 0. The Bertz CT molecular complexity index is 1340. The van der Waals surface area contributed by atoms with E-state index in [9.17, 15) is 24.3 Å². The molecule has 0 unspecified atom stereocenters. The first-order chi connectivity index (χ1) is 21.4. The number of aliphatic hydroxyl groups excluding tert-OH is 1. The van der Waals surface area contributed by atoms with Gasteiger partial charge in [0.1, 0.15) is 48.3 Å². The summed E-state index contributed by atoms with van der Waals surface area (Å²) < 4.78 is 24.0. The van der Waals surface area contributed by atoms with Crippen molar-refractivity contribution in [3.8, 4) is 0 Å². The number of likely N-dealkylation sites (tertiary alicyclic amines) is 1. The molecule has 4 heterocycles. The van der Waals surface area contributed by atoms with Crippen LogP contribution in [0.3, 0.4) is 0 Å². The molecule has 2 N–H and O–H groups in total. The van der Waals surface area contributed by atoms with Crippen molar-refractivity contribution in [2.24, 2.45) is 5.41 Å². The second kappa shape index (κ2) is 12.7. The van der Waals surface area contributed by atoms with E-state index in [2.05, 4.69) is 27.9 Å². The maximum absolute atomic E-state index is 14.8. The number of nitrogens with one attached hydrogen (secondary N) is 1. The van der Waals surface area contributed by atoms with Gasteiger partial charge in [0, 0.05) is 23.0 Å². The highest BCUT2D eigenvalue weighted by molar-refractivity contribution is 14.1. The van der Waals surface area contributed by atoms with Gasteiger partial charge in [-0.15, -0.1) is 0 Å². The van der Waals surface area contributed by atoms with Gasteiger partial charge >= 0.3 is 11.9 Å². The Hall–Kier alpha value is -2.37. The third kappa shape index (κ3) is 6.21. The third-order valence-electron chi connectivity index (χ3n) is 9.20. The number of ether oxygens (including phenoxy) is 4. The summed E-state index contributed by atoms with van der Waals surface area (Å²) in [6, 6.07) is 5.23. The lowest BCUT2D eigenvalue weighted by molar-refractivity contribution is -0.204. The number of esters is 2. The normalized spacial score (nSPS) is 33.0. The third-order valence-corrected chi connectivity index (χ3v) is 9.87. The molecule has 45 heavy (non-hydrogen) atoms. The Kier molecular flexibility index (Phi) is 9.17. The number of rotatable bonds is 9. The van der Waals surface area contributed by atoms with Gasteiger partial charge in [0.2, 0.25) is 11.8 Å². The summed E-state index contributed by atoms with van der Waals surface area (Å²) >= 11 is 2.22. The molecule has 14 heteroatoms. The predicted octanol–water partition coefficient (Wildman–Crippen LogP) is 1.42. The first kappa shape index (κ1) is 32.6. The van der Waals surface area contributed by atoms with Crippen molar-refractivity contribution in [2.75, 3.05) is 19.9 Å². The van der Waals surface area contributed by atoms with E-state index in [0.717, 1.165) is 9.13 Å². The number of nitrogens with zero attached hydrogens (tertiary/aromatic N) is 2. The van der Waals surface area contributed by atoms with E-state index in [4.69, 9.17) is 23.8 Å². The molecular weight excluding hydrogens is 701 g/mol. The topological polar surface area (TPSA) is 153 Å². The maximum Gasteiger partial charge on any atom is 0.327 e. The highest BCUT2D eigenvalue weighted by atomic mass is 127. The van der Waals surface area contributed by atoms with Crippen LogP contribution in [0.25, 0.3) is 0 Å². The molecular formula is C31H40IN3O10. The molecule has 1 saturated carbocycles. The zero-order chi connectivity index (χ0) is 32.1. The van der Waals surface area contributed by atoms with E-state index in [0.29, 0.717) is 19.4 Å². The predicted molar refractivity (Wildman–Crippen MR) is 164 cm³/mol. The molecule has 2 amide bonds. The molecule has 6 rings (SSSR count). The molecule has 0 radical (unpaired) electrons. The molecule has 2 bridgehead atoms. The van der Waals surface area contributed by atoms with Gasteiger partial charge in [-0.05, 0) is 80.3 Å². The van der Waals surface area contributed by atoms with Crippen molar-refractivity contribution in [1.29, 1.82) is 0 Å². The molecule has 4 aliphatic heterocycles. The van der Waals surface area contributed by atoms with Gasteiger partial charge in [-0.1, -0.05) is 12.1 Å². The molecule has 0 aromatic heterocycles. The van der Waals surface area contributed by atoms with Crippen LogP contribution >= 0.6 is 22.6 Å². The first-order valence-electron chi connectivity index (χ1n) is 15.5. The number of fused-ring (bicyclic) bond motifs is 4. The summed E-state index contributed by atoms with van der Waals surface area (Å²) in [5.74, 6) is -1.77. The fourth-order valence-electron chi connectivity index (χ4n) is 7.37. The van der Waals surface area contributed by atoms with E-state index in [-0.39, 0.29) is 45.1 Å². The zero-order valence-corrected chi connectivity index (χ0v) is 27.8. The Labute approximate surface area is 275 Å². The van der Waals surface area contributed by atoms with Gasteiger partial charge in [0.15, 0.2) is 6.04 Å². The lowest BCUT2D eigenvalue weighted by Gasteiger charge is -2.50. The number of carbonyl (C=O) groups excluding carboxylic acids is 4. The number of halogens is 1. The Morgan fingerprint density at radius 2 is 2.00 bits per heavy atom. The van der Waals surface area contributed by atoms with E-state index < -0.39 is 71.4 Å². The van der Waals surface area contributed by atoms with Crippen LogP contribution in [0.2, 0.25) is 0 Å². The number of benzene rings is 1. The summed E-state index contributed by atoms with van der Waals surface area (Å²) in [5.41, 5.74) is -1.10. The molecule has 4 saturated heterocycles. The van der Waals surface area contributed by atoms with Crippen molar-refractivity contribution in [1.82, 2.24) is 15.3 Å². The number of carbonyl (C=O) groups is 4. The number of hydrogen-bond acceptors (Lipinski definition) is 11. The minimum absolute atomic E-state index is 0.00432. The van der Waals surface area contributed by atoms with Crippen LogP contribution in [0.15, 0.2) is 24.3 Å². The van der Waals surface area contributed by atoms with Crippen LogP contribution in [0.1, 0.15) is 58.4 Å². The van der Waals surface area contributed by atoms with Crippen LogP contribution in [0.4, 0.5) is 0 Å². The van der Waals surface area contributed by atoms with Crippen LogP contribution in [0, 0.1) is 8.99 Å². The molecule has 5 fully saturated rings. The average molecular weight is 742 g/mol. The Balaban J connectivity index is 1.23. The fraction of sp³-hybridized carbons (Fsp3) is 0.677. The summed E-state index contributed by atoms with van der Waals surface area (Å²) in [6.45, 7) is 5.49. The second-order valence-corrected chi connectivity index (χ2v) is 14.6. The summed E-state index contributed by atoms with van der Waals surface area (Å²) in [5, 5.41) is 14.3. The minimum atomic E-state index is -1.35. The quantitative estimate of drug-likeness (QED) is 0.279. The zero-order valence-electron chi connectivity index (χ0n) is 25.6. The van der Waals surface area contributed by atoms with Crippen LogP contribution in [-0.4, -0.2) is 107 Å². The maximum atomic E-state index is 14.8. The van der Waals surface area contributed by atoms with Crippen molar-refractivity contribution < 1.29 is 48.1 Å². The first-order valence-corrected chi connectivity index (χ1v) is 16.5. The summed E-state index contributed by atoms with van der Waals surface area (Å²) in [4.78, 5) is 62.4. The number of amides is 2. The van der Waals surface area contributed by atoms with Gasteiger partial charge < -0.3 is 34.3 Å². The largest absolute Gasteiger partial charge is 0.460 e. The molecule has 13 nitrogen and oxygen atoms in total. The number of hydroxylamine groups is 2. The number of aliphatic hydroxyl groups is 1. The highest BCUT2D eigenvalue weighted by Crippen LogP contribution is 2.56. The summed E-state index contributed by atoms with van der Waals surface area (Å²) in [6.07, 6.45) is -1.33. The lowest BCUT2D eigenvalue weighted by atomic mass is 9.62. The molecule has 0 spiro atoms. The van der Waals surface area contributed by atoms with Gasteiger partial charge in [-0.3, -0.25) is 24.0 Å². The molecule has 1 aliphatic carbocycles. The second-order valence-electron chi connectivity index (χ2n) is 13.4. The number of hydrogen-bond donors (Lipinski definition) is 2. The minimum Gasteiger partial charge on any atom is -0.460 e. The van der Waals surface area contributed by atoms with Crippen LogP contribution in [0.5, 0.6) is 0 Å². The molecule has 1 aromatic carbocycles. The Morgan fingerprint density at radius 3 is 2.73 bits per heavy atom. The van der Waals surface area contributed by atoms with E-state index in [1.807, 2.05) is 24.3 Å². The van der Waals surface area contributed by atoms with Gasteiger partial charge in [-0.25, -0.2) is 0 Å². The smallest absolute Gasteiger partial charge is 0.327 e. The van der Waals surface area contributed by atoms with E-state index >= 15 is 0 Å². The molecule has 8 atom stereocenters. The SMILES string of the molecule is CC(C)(C)OC(=O)CC[C@@H](CO)NC(=O)[C@H]1CCCN1C(=O)[C@@]12C[C@H]3OC(=O)[C@@H]1N(Cc1cccc(I)c1)O[C@@H]2[C@H]1OCO[C@H]13. The Morgan fingerprint density at radius 1 is 1.22 bits per heavy atom. The molecule has 246 valence electrons. The van der Waals surface area contributed by atoms with Gasteiger partial charge in [0.05, 0.1) is 19.2 Å². The monoisotopic (exact) mass is 741 g/mol. The average Bonchev–Trinajstić information content (AvgIpc) is 3.72. The molecule has 5 aliphatic rings. The molecule has 1 aromatic rings. The van der Waals surface area contributed by atoms with Crippen molar-refractivity contribution in [3.63, 3.8) is 0 Å². The van der Waals surface area contributed by atoms with E-state index in [1.54, 1.807) is 30.7 Å².